The first-order valence-corrected chi connectivity index (χ1v) is 7.79. The van der Waals surface area contributed by atoms with E-state index in [0.717, 1.165) is 43.5 Å². The molecular weight excluding hydrogens is 296 g/mol. The van der Waals surface area contributed by atoms with Crippen LogP contribution in [-0.2, 0) is 0 Å². The van der Waals surface area contributed by atoms with Crippen LogP contribution < -0.4 is 5.43 Å². The Kier molecular flexibility index (Phi) is 4.82. The molecule has 2 rings (SSSR count). The average molecular weight is 320 g/mol. The number of amides is 1. The zero-order valence-corrected chi connectivity index (χ0v) is 13.8. The van der Waals surface area contributed by atoms with Gasteiger partial charge < -0.3 is 15.3 Å². The Morgan fingerprint density at radius 3 is 2.13 bits per heavy atom. The number of nitrogens with one attached hydrogen (secondary N) is 1. The van der Waals surface area contributed by atoms with Gasteiger partial charge in [0.2, 0.25) is 0 Å². The maximum atomic E-state index is 12.0. The molecule has 0 saturated heterocycles. The molecule has 23 heavy (non-hydrogen) atoms. The summed E-state index contributed by atoms with van der Waals surface area (Å²) in [5, 5.41) is 32.3. The number of hydrogen-bond donors (Lipinski definition) is 4. The number of nitrogens with zero attached hydrogens (tertiary/aromatic N) is 1. The van der Waals surface area contributed by atoms with Gasteiger partial charge in [0, 0.05) is 11.3 Å². The molecule has 0 atom stereocenters. The molecule has 0 heterocycles. The van der Waals surface area contributed by atoms with Gasteiger partial charge in [-0.2, -0.15) is 5.10 Å². The lowest BCUT2D eigenvalue weighted by atomic mass is 9.72. The molecule has 6 heteroatoms. The predicted octanol–water partition coefficient (Wildman–Crippen LogP) is 3.13. The number of carbonyl (C=O) groups excluding carboxylic acids is 1. The van der Waals surface area contributed by atoms with Crippen molar-refractivity contribution >= 4 is 11.6 Å². The number of aromatic hydroxyl groups is 3. The third-order valence-corrected chi connectivity index (χ3v) is 4.43. The van der Waals surface area contributed by atoms with Crippen LogP contribution in [0.3, 0.4) is 0 Å². The molecule has 1 aliphatic carbocycles. The molecule has 1 aromatic carbocycles. The van der Waals surface area contributed by atoms with Crippen LogP contribution in [0.2, 0.25) is 0 Å². The summed E-state index contributed by atoms with van der Waals surface area (Å²) in [7, 11) is 0. The summed E-state index contributed by atoms with van der Waals surface area (Å²) in [6.45, 7) is 6.72. The highest BCUT2D eigenvalue weighted by Crippen LogP contribution is 2.37. The number of benzene rings is 1. The van der Waals surface area contributed by atoms with Crippen LogP contribution in [0.5, 0.6) is 17.2 Å². The van der Waals surface area contributed by atoms with E-state index in [-0.39, 0.29) is 11.0 Å². The fraction of sp³-hybridized carbons (Fsp3) is 0.529. The van der Waals surface area contributed by atoms with E-state index in [2.05, 4.69) is 31.3 Å². The maximum Gasteiger partial charge on any atom is 0.271 e. The Hall–Kier alpha value is -2.24. The first-order chi connectivity index (χ1) is 10.7. The van der Waals surface area contributed by atoms with Gasteiger partial charge in [-0.1, -0.05) is 20.8 Å². The Balaban J connectivity index is 1.97. The van der Waals surface area contributed by atoms with Crippen molar-refractivity contribution in [1.29, 1.82) is 0 Å². The highest BCUT2D eigenvalue weighted by molar-refractivity contribution is 5.96. The van der Waals surface area contributed by atoms with Gasteiger partial charge in [0.15, 0.2) is 17.2 Å². The number of rotatable bonds is 2. The minimum absolute atomic E-state index is 0.0329. The van der Waals surface area contributed by atoms with Crippen molar-refractivity contribution in [2.75, 3.05) is 0 Å². The number of hydrazone groups is 1. The predicted molar refractivity (Wildman–Crippen MR) is 87.8 cm³/mol. The maximum absolute atomic E-state index is 12.0. The second-order valence-corrected chi connectivity index (χ2v) is 7.12. The molecule has 0 aromatic heterocycles. The van der Waals surface area contributed by atoms with E-state index < -0.39 is 23.2 Å². The first-order valence-electron chi connectivity index (χ1n) is 7.79. The van der Waals surface area contributed by atoms with Crippen molar-refractivity contribution in [1.82, 2.24) is 5.43 Å². The van der Waals surface area contributed by atoms with E-state index in [1.54, 1.807) is 0 Å². The van der Waals surface area contributed by atoms with Crippen LogP contribution in [0.15, 0.2) is 17.2 Å². The Labute approximate surface area is 135 Å². The molecule has 6 nitrogen and oxygen atoms in total. The molecule has 1 fully saturated rings. The summed E-state index contributed by atoms with van der Waals surface area (Å²) in [5.41, 5.74) is 3.71. The van der Waals surface area contributed by atoms with Crippen LogP contribution >= 0.6 is 0 Å². The van der Waals surface area contributed by atoms with E-state index in [0.29, 0.717) is 5.92 Å². The average Bonchev–Trinajstić information content (AvgIpc) is 2.49. The van der Waals surface area contributed by atoms with Gasteiger partial charge in [0.05, 0.1) is 0 Å². The van der Waals surface area contributed by atoms with E-state index >= 15 is 0 Å². The monoisotopic (exact) mass is 320 g/mol. The highest BCUT2D eigenvalue weighted by Gasteiger charge is 2.28. The van der Waals surface area contributed by atoms with Crippen LogP contribution in [0.25, 0.3) is 0 Å². The van der Waals surface area contributed by atoms with Crippen LogP contribution in [-0.4, -0.2) is 26.9 Å². The topological polar surface area (TPSA) is 102 Å². The van der Waals surface area contributed by atoms with Gasteiger partial charge in [-0.05, 0) is 49.1 Å². The number of carbonyl (C=O) groups is 1. The summed E-state index contributed by atoms with van der Waals surface area (Å²) in [4.78, 5) is 12.0. The van der Waals surface area contributed by atoms with Crippen LogP contribution in [0, 0.1) is 11.3 Å². The van der Waals surface area contributed by atoms with Crippen molar-refractivity contribution in [2.45, 2.75) is 46.5 Å². The van der Waals surface area contributed by atoms with Crippen LogP contribution in [0.4, 0.5) is 0 Å². The first kappa shape index (κ1) is 17.1. The standard InChI is InChI=1S/C17H24N2O4/c1-17(2,3)11-4-6-12(7-5-11)18-19-16(23)10-8-13(20)15(22)14(21)9-10/h8-9,11,20-22H,4-7H2,1-3H3,(H,19,23). The molecule has 0 spiro atoms. The zero-order chi connectivity index (χ0) is 17.2. The Bertz CT molecular complexity index is 599. The van der Waals surface area contributed by atoms with Gasteiger partial charge in [0.25, 0.3) is 5.91 Å². The van der Waals surface area contributed by atoms with Crippen molar-refractivity contribution in [3.8, 4) is 17.2 Å². The molecular formula is C17H24N2O4. The van der Waals surface area contributed by atoms with E-state index in [1.807, 2.05) is 0 Å². The summed E-state index contributed by atoms with van der Waals surface area (Å²) < 4.78 is 0. The smallest absolute Gasteiger partial charge is 0.271 e. The van der Waals surface area contributed by atoms with Gasteiger partial charge in [-0.15, -0.1) is 0 Å². The molecule has 0 unspecified atom stereocenters. The lowest BCUT2D eigenvalue weighted by molar-refractivity contribution is 0.0953. The molecule has 0 radical (unpaired) electrons. The molecule has 1 aromatic rings. The number of phenols is 3. The number of hydrogen-bond acceptors (Lipinski definition) is 5. The second-order valence-electron chi connectivity index (χ2n) is 7.12. The molecule has 0 aliphatic heterocycles. The summed E-state index contributed by atoms with van der Waals surface area (Å²) >= 11 is 0. The number of phenolic OH excluding ortho intramolecular Hbond substituents is 3. The summed E-state index contributed by atoms with van der Waals surface area (Å²) in [6.07, 6.45) is 3.82. The Morgan fingerprint density at radius 2 is 1.65 bits per heavy atom. The fourth-order valence-electron chi connectivity index (χ4n) is 2.86. The van der Waals surface area contributed by atoms with E-state index in [4.69, 9.17) is 0 Å². The minimum Gasteiger partial charge on any atom is -0.504 e. The van der Waals surface area contributed by atoms with Crippen molar-refractivity contribution in [3.05, 3.63) is 17.7 Å². The van der Waals surface area contributed by atoms with Crippen molar-refractivity contribution < 1.29 is 20.1 Å². The third kappa shape index (κ3) is 4.15. The van der Waals surface area contributed by atoms with Gasteiger partial charge in [-0.3, -0.25) is 4.79 Å². The quantitative estimate of drug-likeness (QED) is 0.496. The second kappa shape index (κ2) is 6.48. The largest absolute Gasteiger partial charge is 0.504 e. The third-order valence-electron chi connectivity index (χ3n) is 4.43. The fourth-order valence-corrected chi connectivity index (χ4v) is 2.86. The normalized spacial score (nSPS) is 18.6. The summed E-state index contributed by atoms with van der Waals surface area (Å²) in [5.74, 6) is -1.63. The molecule has 0 bridgehead atoms. The SMILES string of the molecule is CC(C)(C)C1CCC(=NNC(=O)c2cc(O)c(O)c(O)c2)CC1. The van der Waals surface area contributed by atoms with Gasteiger partial charge in [-0.25, -0.2) is 5.43 Å². The lowest BCUT2D eigenvalue weighted by Gasteiger charge is -2.34. The van der Waals surface area contributed by atoms with Gasteiger partial charge >= 0.3 is 0 Å². The van der Waals surface area contributed by atoms with E-state index in [1.165, 1.54) is 0 Å². The molecule has 1 amide bonds. The van der Waals surface area contributed by atoms with Crippen LogP contribution in [0.1, 0.15) is 56.8 Å². The Morgan fingerprint density at radius 1 is 1.13 bits per heavy atom. The van der Waals surface area contributed by atoms with Crippen molar-refractivity contribution in [2.24, 2.45) is 16.4 Å². The highest BCUT2D eigenvalue weighted by atomic mass is 16.3. The molecule has 1 aliphatic rings. The minimum atomic E-state index is -0.645. The van der Waals surface area contributed by atoms with Gasteiger partial charge in [0.1, 0.15) is 0 Å². The van der Waals surface area contributed by atoms with E-state index in [9.17, 15) is 20.1 Å². The molecule has 4 N–H and O–H groups in total. The molecule has 1 saturated carbocycles. The lowest BCUT2D eigenvalue weighted by Crippen LogP contribution is -2.27. The van der Waals surface area contributed by atoms with Crippen molar-refractivity contribution in [3.63, 3.8) is 0 Å². The molecule has 126 valence electrons. The zero-order valence-electron chi connectivity index (χ0n) is 13.8. The summed E-state index contributed by atoms with van der Waals surface area (Å²) in [6, 6.07) is 2.17.